The number of hydrogen-bond donors (Lipinski definition) is 3. The lowest BCUT2D eigenvalue weighted by Crippen LogP contribution is -2.08. The zero-order chi connectivity index (χ0) is 17.8. The average Bonchev–Trinajstić information content (AvgIpc) is 2.60. The Labute approximate surface area is 156 Å². The summed E-state index contributed by atoms with van der Waals surface area (Å²) in [6.07, 6.45) is 1.46. The first-order valence-electron chi connectivity index (χ1n) is 7.65. The molecule has 0 fully saturated rings. The van der Waals surface area contributed by atoms with Gasteiger partial charge in [0.15, 0.2) is 11.6 Å². The van der Waals surface area contributed by atoms with Crippen LogP contribution in [0.3, 0.4) is 0 Å². The Bertz CT molecular complexity index is 881. The van der Waals surface area contributed by atoms with Gasteiger partial charge in [-0.2, -0.15) is 0 Å². The number of nitrogens with zero attached hydrogens (tertiary/aromatic N) is 2. The zero-order valence-electron chi connectivity index (χ0n) is 13.6. The fraction of sp³-hybridized carbons (Fsp3) is 0.111. The predicted molar refractivity (Wildman–Crippen MR) is 105 cm³/mol. The van der Waals surface area contributed by atoms with Crippen molar-refractivity contribution in [3.8, 4) is 0 Å². The molecule has 0 spiro atoms. The molecule has 0 aliphatic heterocycles. The number of nitrogen functional groups attached to an aromatic ring is 1. The number of aromatic nitrogens is 2. The third kappa shape index (κ3) is 4.32. The first-order valence-corrected chi connectivity index (χ1v) is 8.40. The molecule has 0 unspecified atom stereocenters. The summed E-state index contributed by atoms with van der Waals surface area (Å²) in [5.74, 6) is 1.09. The maximum atomic E-state index is 6.20. The molecule has 2 aromatic carbocycles. The topological polar surface area (TPSA) is 75.9 Å². The fourth-order valence-corrected chi connectivity index (χ4v) is 2.58. The van der Waals surface area contributed by atoms with E-state index in [0.717, 1.165) is 16.8 Å². The molecule has 7 heteroatoms. The largest absolute Gasteiger partial charge is 0.393 e. The molecule has 4 N–H and O–H groups in total. The molecule has 128 valence electrons. The normalized spacial score (nSPS) is 10.5. The monoisotopic (exact) mass is 373 g/mol. The summed E-state index contributed by atoms with van der Waals surface area (Å²) < 4.78 is 0. The number of anilines is 4. The molecule has 3 aromatic rings. The van der Waals surface area contributed by atoms with Crippen molar-refractivity contribution in [1.29, 1.82) is 0 Å². The number of aryl methyl sites for hydroxylation is 1. The molecule has 0 radical (unpaired) electrons. The van der Waals surface area contributed by atoms with Gasteiger partial charge in [-0.25, -0.2) is 9.97 Å². The van der Waals surface area contributed by atoms with Gasteiger partial charge < -0.3 is 16.4 Å². The molecule has 0 bridgehead atoms. The van der Waals surface area contributed by atoms with Crippen LogP contribution in [-0.2, 0) is 6.54 Å². The van der Waals surface area contributed by atoms with E-state index >= 15 is 0 Å². The smallest absolute Gasteiger partial charge is 0.159 e. The molecular formula is C18H17Cl2N5. The minimum absolute atomic E-state index is 0.441. The molecule has 0 saturated heterocycles. The Morgan fingerprint density at radius 2 is 1.64 bits per heavy atom. The summed E-state index contributed by atoms with van der Waals surface area (Å²) >= 11 is 12.0. The maximum Gasteiger partial charge on any atom is 0.159 e. The SMILES string of the molecule is Cc1ccc(Cl)cc1Nc1ncnc(NCc2ccc(Cl)cc2)c1N. The first-order chi connectivity index (χ1) is 12.0. The fourth-order valence-electron chi connectivity index (χ4n) is 2.28. The van der Waals surface area contributed by atoms with Crippen LogP contribution in [0.1, 0.15) is 11.1 Å². The van der Waals surface area contributed by atoms with Crippen molar-refractivity contribution in [1.82, 2.24) is 9.97 Å². The van der Waals surface area contributed by atoms with Gasteiger partial charge in [-0.05, 0) is 42.3 Å². The second-order valence-electron chi connectivity index (χ2n) is 5.55. The Hall–Kier alpha value is -2.50. The highest BCUT2D eigenvalue weighted by molar-refractivity contribution is 6.31. The molecule has 0 aliphatic rings. The highest BCUT2D eigenvalue weighted by atomic mass is 35.5. The van der Waals surface area contributed by atoms with Gasteiger partial charge in [0, 0.05) is 22.3 Å². The minimum Gasteiger partial charge on any atom is -0.393 e. The van der Waals surface area contributed by atoms with Crippen LogP contribution in [0, 0.1) is 6.92 Å². The Morgan fingerprint density at radius 3 is 2.40 bits per heavy atom. The molecule has 25 heavy (non-hydrogen) atoms. The van der Waals surface area contributed by atoms with Gasteiger partial charge in [0.25, 0.3) is 0 Å². The molecule has 0 amide bonds. The van der Waals surface area contributed by atoms with Crippen LogP contribution in [0.2, 0.25) is 10.0 Å². The van der Waals surface area contributed by atoms with Crippen molar-refractivity contribution in [3.05, 3.63) is 70.0 Å². The van der Waals surface area contributed by atoms with E-state index in [0.29, 0.717) is 33.9 Å². The van der Waals surface area contributed by atoms with Crippen molar-refractivity contribution in [3.63, 3.8) is 0 Å². The van der Waals surface area contributed by atoms with E-state index in [1.54, 1.807) is 0 Å². The number of rotatable bonds is 5. The van der Waals surface area contributed by atoms with E-state index in [1.807, 2.05) is 49.4 Å². The molecule has 1 heterocycles. The van der Waals surface area contributed by atoms with Crippen LogP contribution in [0.5, 0.6) is 0 Å². The minimum atomic E-state index is 0.441. The summed E-state index contributed by atoms with van der Waals surface area (Å²) in [5.41, 5.74) is 9.60. The van der Waals surface area contributed by atoms with E-state index in [-0.39, 0.29) is 0 Å². The molecular weight excluding hydrogens is 357 g/mol. The Balaban J connectivity index is 1.77. The lowest BCUT2D eigenvalue weighted by Gasteiger charge is -2.14. The summed E-state index contributed by atoms with van der Waals surface area (Å²) in [7, 11) is 0. The van der Waals surface area contributed by atoms with Crippen LogP contribution >= 0.6 is 23.2 Å². The molecule has 1 aromatic heterocycles. The lowest BCUT2D eigenvalue weighted by atomic mass is 10.2. The van der Waals surface area contributed by atoms with Crippen molar-refractivity contribution in [2.45, 2.75) is 13.5 Å². The van der Waals surface area contributed by atoms with Crippen molar-refractivity contribution >= 4 is 46.2 Å². The van der Waals surface area contributed by atoms with Crippen molar-refractivity contribution in [2.75, 3.05) is 16.4 Å². The van der Waals surface area contributed by atoms with E-state index in [1.165, 1.54) is 6.33 Å². The molecule has 0 saturated carbocycles. The Kier molecular flexibility index (Phi) is 5.26. The summed E-state index contributed by atoms with van der Waals surface area (Å²) in [5, 5.41) is 7.77. The molecule has 0 aliphatic carbocycles. The second kappa shape index (κ2) is 7.59. The second-order valence-corrected chi connectivity index (χ2v) is 6.42. The standard InChI is InChI=1S/C18H17Cl2N5/c1-11-2-5-14(20)8-15(11)25-18-16(21)17(23-10-24-18)22-9-12-3-6-13(19)7-4-12/h2-8,10H,9,21H2,1H3,(H2,22,23,24,25). The Morgan fingerprint density at radius 1 is 0.960 bits per heavy atom. The third-order valence-electron chi connectivity index (χ3n) is 3.71. The summed E-state index contributed by atoms with van der Waals surface area (Å²) in [6, 6.07) is 13.2. The highest BCUT2D eigenvalue weighted by Gasteiger charge is 2.10. The lowest BCUT2D eigenvalue weighted by molar-refractivity contribution is 1.09. The van der Waals surface area contributed by atoms with Gasteiger partial charge in [-0.3, -0.25) is 0 Å². The van der Waals surface area contributed by atoms with Crippen LogP contribution in [0.15, 0.2) is 48.8 Å². The van der Waals surface area contributed by atoms with E-state index < -0.39 is 0 Å². The number of halogens is 2. The first kappa shape index (κ1) is 17.3. The molecule has 5 nitrogen and oxygen atoms in total. The van der Waals surface area contributed by atoms with Crippen LogP contribution in [0.25, 0.3) is 0 Å². The van der Waals surface area contributed by atoms with Gasteiger partial charge in [-0.1, -0.05) is 41.4 Å². The van der Waals surface area contributed by atoms with Crippen molar-refractivity contribution < 1.29 is 0 Å². The summed E-state index contributed by atoms with van der Waals surface area (Å²) in [6.45, 7) is 2.56. The quantitative estimate of drug-likeness (QED) is 0.584. The van der Waals surface area contributed by atoms with Gasteiger partial charge in [0.05, 0.1) is 0 Å². The zero-order valence-corrected chi connectivity index (χ0v) is 15.1. The molecule has 0 atom stereocenters. The van der Waals surface area contributed by atoms with Gasteiger partial charge in [0.2, 0.25) is 0 Å². The maximum absolute atomic E-state index is 6.20. The van der Waals surface area contributed by atoms with E-state index in [9.17, 15) is 0 Å². The third-order valence-corrected chi connectivity index (χ3v) is 4.20. The van der Waals surface area contributed by atoms with Crippen molar-refractivity contribution in [2.24, 2.45) is 0 Å². The van der Waals surface area contributed by atoms with Crippen LogP contribution in [0.4, 0.5) is 23.0 Å². The van der Waals surface area contributed by atoms with Gasteiger partial charge in [0.1, 0.15) is 12.0 Å². The number of nitrogens with one attached hydrogen (secondary N) is 2. The van der Waals surface area contributed by atoms with Gasteiger partial charge >= 0.3 is 0 Å². The number of nitrogens with two attached hydrogens (primary N) is 1. The van der Waals surface area contributed by atoms with Crippen LogP contribution < -0.4 is 16.4 Å². The molecule has 3 rings (SSSR count). The van der Waals surface area contributed by atoms with Crippen LogP contribution in [-0.4, -0.2) is 9.97 Å². The predicted octanol–water partition coefficient (Wildman–Crippen LogP) is 5.03. The number of benzene rings is 2. The van der Waals surface area contributed by atoms with Gasteiger partial charge in [-0.15, -0.1) is 0 Å². The highest BCUT2D eigenvalue weighted by Crippen LogP contribution is 2.29. The average molecular weight is 374 g/mol. The number of hydrogen-bond acceptors (Lipinski definition) is 5. The summed E-state index contributed by atoms with van der Waals surface area (Å²) in [4.78, 5) is 8.44. The van der Waals surface area contributed by atoms with E-state index in [4.69, 9.17) is 28.9 Å². The van der Waals surface area contributed by atoms with E-state index in [2.05, 4.69) is 20.6 Å².